The number of carbonyl (C=O) groups excluding carboxylic acids is 1. The minimum absolute atomic E-state index is 0.209. The Labute approximate surface area is 92.2 Å². The van der Waals surface area contributed by atoms with Crippen molar-refractivity contribution in [3.05, 3.63) is 27.7 Å². The molecule has 0 aromatic heterocycles. The number of benzene rings is 1. The largest absolute Gasteiger partial charge is 0.384 e. The summed E-state index contributed by atoms with van der Waals surface area (Å²) in [5, 5.41) is 4.31. The molecule has 1 aromatic rings. The third kappa shape index (κ3) is 1.86. The van der Waals surface area contributed by atoms with Crippen LogP contribution < -0.4 is 5.32 Å². The molecular formula is C10H9Cl2NO. The van der Waals surface area contributed by atoms with Gasteiger partial charge in [0.1, 0.15) is 5.78 Å². The van der Waals surface area contributed by atoms with Crippen LogP contribution in [0.4, 0.5) is 5.69 Å². The van der Waals surface area contributed by atoms with Gasteiger partial charge in [0.25, 0.3) is 0 Å². The van der Waals surface area contributed by atoms with Crippen molar-refractivity contribution in [2.24, 2.45) is 0 Å². The summed E-state index contributed by atoms with van der Waals surface area (Å²) < 4.78 is 0. The fraction of sp³-hybridized carbons (Fsp3) is 0.300. The van der Waals surface area contributed by atoms with E-state index in [2.05, 4.69) is 5.32 Å². The van der Waals surface area contributed by atoms with E-state index in [0.717, 1.165) is 11.3 Å². The van der Waals surface area contributed by atoms with Gasteiger partial charge in [0.05, 0.1) is 0 Å². The van der Waals surface area contributed by atoms with Gasteiger partial charge in [0, 0.05) is 40.7 Å². The predicted octanol–water partition coefficient (Wildman–Crippen LogP) is 2.92. The van der Waals surface area contributed by atoms with E-state index in [0.29, 0.717) is 29.4 Å². The lowest BCUT2D eigenvalue weighted by atomic mass is 10.1. The summed E-state index contributed by atoms with van der Waals surface area (Å²) in [6, 6.07) is 3.48. The van der Waals surface area contributed by atoms with Crippen molar-refractivity contribution in [3.8, 4) is 0 Å². The lowest BCUT2D eigenvalue weighted by Crippen LogP contribution is -2.03. The highest BCUT2D eigenvalue weighted by molar-refractivity contribution is 6.35. The molecule has 2 rings (SSSR count). The highest BCUT2D eigenvalue weighted by Crippen LogP contribution is 2.31. The Bertz CT molecular complexity index is 390. The van der Waals surface area contributed by atoms with Crippen molar-refractivity contribution >= 4 is 34.7 Å². The number of halogens is 2. The second kappa shape index (κ2) is 3.79. The van der Waals surface area contributed by atoms with Gasteiger partial charge in [-0.2, -0.15) is 0 Å². The molecule has 1 aliphatic rings. The van der Waals surface area contributed by atoms with E-state index in [4.69, 9.17) is 23.2 Å². The van der Waals surface area contributed by atoms with E-state index in [1.807, 2.05) is 0 Å². The molecule has 0 amide bonds. The van der Waals surface area contributed by atoms with Crippen LogP contribution in [0.5, 0.6) is 0 Å². The Morgan fingerprint density at radius 3 is 2.86 bits per heavy atom. The molecule has 0 unspecified atom stereocenters. The van der Waals surface area contributed by atoms with Gasteiger partial charge in [-0.15, -0.1) is 0 Å². The van der Waals surface area contributed by atoms with Gasteiger partial charge in [0.2, 0.25) is 0 Å². The third-order valence-corrected chi connectivity index (χ3v) is 2.81. The van der Waals surface area contributed by atoms with Gasteiger partial charge < -0.3 is 5.32 Å². The Morgan fingerprint density at radius 1 is 1.29 bits per heavy atom. The van der Waals surface area contributed by atoms with Crippen molar-refractivity contribution in [3.63, 3.8) is 0 Å². The van der Waals surface area contributed by atoms with Gasteiger partial charge in [0.15, 0.2) is 0 Å². The minimum Gasteiger partial charge on any atom is -0.384 e. The summed E-state index contributed by atoms with van der Waals surface area (Å²) in [4.78, 5) is 11.4. The first-order chi connectivity index (χ1) is 6.66. The highest BCUT2D eigenvalue weighted by Gasteiger charge is 2.16. The van der Waals surface area contributed by atoms with Crippen molar-refractivity contribution in [2.75, 3.05) is 11.9 Å². The van der Waals surface area contributed by atoms with Crippen LogP contribution in [-0.2, 0) is 11.2 Å². The molecule has 1 N–H and O–H groups in total. The quantitative estimate of drug-likeness (QED) is 0.742. The molecule has 0 radical (unpaired) electrons. The first-order valence-corrected chi connectivity index (χ1v) is 5.16. The number of hydrogen-bond donors (Lipinski definition) is 1. The van der Waals surface area contributed by atoms with Crippen LogP contribution >= 0.6 is 23.2 Å². The second-order valence-corrected chi connectivity index (χ2v) is 4.15. The number of rotatable bonds is 0. The summed E-state index contributed by atoms with van der Waals surface area (Å²) >= 11 is 11.9. The first-order valence-electron chi connectivity index (χ1n) is 4.40. The molecule has 2 nitrogen and oxygen atoms in total. The van der Waals surface area contributed by atoms with Crippen molar-refractivity contribution in [1.29, 1.82) is 0 Å². The summed E-state index contributed by atoms with van der Waals surface area (Å²) in [7, 11) is 0. The normalized spacial score (nSPS) is 15.7. The number of Topliss-reactive ketones (excluding diaryl/α,β-unsaturated/α-hetero) is 1. The fourth-order valence-electron chi connectivity index (χ4n) is 1.56. The van der Waals surface area contributed by atoms with Crippen LogP contribution in [-0.4, -0.2) is 12.3 Å². The lowest BCUT2D eigenvalue weighted by molar-refractivity contribution is -0.118. The van der Waals surface area contributed by atoms with E-state index in [1.165, 1.54) is 0 Å². The van der Waals surface area contributed by atoms with Crippen LogP contribution in [0, 0.1) is 0 Å². The Balaban J connectivity index is 2.50. The maximum absolute atomic E-state index is 11.4. The highest BCUT2D eigenvalue weighted by atomic mass is 35.5. The first kappa shape index (κ1) is 9.81. The van der Waals surface area contributed by atoms with Gasteiger partial charge in [-0.3, -0.25) is 4.79 Å². The monoisotopic (exact) mass is 229 g/mol. The number of ketones is 1. The lowest BCUT2D eigenvalue weighted by Gasteiger charge is -2.08. The smallest absolute Gasteiger partial charge is 0.139 e. The molecule has 0 spiro atoms. The molecule has 14 heavy (non-hydrogen) atoms. The van der Waals surface area contributed by atoms with E-state index in [-0.39, 0.29) is 5.78 Å². The van der Waals surface area contributed by atoms with Gasteiger partial charge in [-0.05, 0) is 12.1 Å². The van der Waals surface area contributed by atoms with Gasteiger partial charge in [-0.1, -0.05) is 23.2 Å². The maximum atomic E-state index is 11.4. The zero-order valence-corrected chi connectivity index (χ0v) is 8.95. The molecule has 0 bridgehead atoms. The second-order valence-electron chi connectivity index (χ2n) is 3.31. The summed E-state index contributed by atoms with van der Waals surface area (Å²) in [6.45, 7) is 0.655. The summed E-state index contributed by atoms with van der Waals surface area (Å²) in [6.07, 6.45) is 0.945. The standard InChI is InChI=1S/C10H9Cl2NO/c11-6-3-9(12)8-5-7(14)1-2-13-10(8)4-6/h3-4,13H,1-2,5H2. The number of carbonyl (C=O) groups is 1. The predicted molar refractivity (Wildman–Crippen MR) is 58.3 cm³/mol. The Morgan fingerprint density at radius 2 is 2.07 bits per heavy atom. The van der Waals surface area contributed by atoms with Gasteiger partial charge >= 0.3 is 0 Å². The third-order valence-electron chi connectivity index (χ3n) is 2.25. The minimum atomic E-state index is 0.209. The average molecular weight is 230 g/mol. The molecule has 4 heteroatoms. The van der Waals surface area contributed by atoms with E-state index in [1.54, 1.807) is 12.1 Å². The maximum Gasteiger partial charge on any atom is 0.139 e. The molecule has 1 heterocycles. The van der Waals surface area contributed by atoms with Gasteiger partial charge in [-0.25, -0.2) is 0 Å². The molecule has 0 saturated heterocycles. The summed E-state index contributed by atoms with van der Waals surface area (Å²) in [5.41, 5.74) is 1.74. The molecule has 1 aromatic carbocycles. The Kier molecular flexibility index (Phi) is 2.66. The molecular weight excluding hydrogens is 221 g/mol. The molecule has 0 saturated carbocycles. The molecule has 1 aliphatic heterocycles. The number of nitrogens with one attached hydrogen (secondary N) is 1. The van der Waals surface area contributed by atoms with Crippen LogP contribution in [0.25, 0.3) is 0 Å². The number of fused-ring (bicyclic) bond motifs is 1. The Hall–Kier alpha value is -0.730. The zero-order valence-electron chi connectivity index (χ0n) is 7.44. The van der Waals surface area contributed by atoms with E-state index < -0.39 is 0 Å². The SMILES string of the molecule is O=C1CCNc2cc(Cl)cc(Cl)c2C1. The zero-order chi connectivity index (χ0) is 10.1. The van der Waals surface area contributed by atoms with Crippen LogP contribution in [0.1, 0.15) is 12.0 Å². The van der Waals surface area contributed by atoms with Crippen LogP contribution in [0.2, 0.25) is 10.0 Å². The number of anilines is 1. The van der Waals surface area contributed by atoms with Crippen molar-refractivity contribution < 1.29 is 4.79 Å². The van der Waals surface area contributed by atoms with E-state index >= 15 is 0 Å². The molecule has 74 valence electrons. The van der Waals surface area contributed by atoms with Crippen molar-refractivity contribution in [1.82, 2.24) is 0 Å². The molecule has 0 fully saturated rings. The number of hydrogen-bond acceptors (Lipinski definition) is 2. The van der Waals surface area contributed by atoms with Crippen LogP contribution in [0.15, 0.2) is 12.1 Å². The van der Waals surface area contributed by atoms with Crippen LogP contribution in [0.3, 0.4) is 0 Å². The molecule has 0 atom stereocenters. The topological polar surface area (TPSA) is 29.1 Å². The fourth-order valence-corrected chi connectivity index (χ4v) is 2.12. The molecule has 0 aliphatic carbocycles. The van der Waals surface area contributed by atoms with E-state index in [9.17, 15) is 4.79 Å². The van der Waals surface area contributed by atoms with Crippen molar-refractivity contribution in [2.45, 2.75) is 12.8 Å². The summed E-state index contributed by atoms with van der Waals surface area (Å²) in [5.74, 6) is 0.209. The average Bonchev–Trinajstić information content (AvgIpc) is 2.27.